The summed E-state index contributed by atoms with van der Waals surface area (Å²) in [7, 11) is 0. The number of carbonyl (C=O) groups is 2. The molecule has 3 atom stereocenters. The summed E-state index contributed by atoms with van der Waals surface area (Å²) in [4.78, 5) is 26.8. The van der Waals surface area contributed by atoms with E-state index in [-0.39, 0.29) is 23.9 Å². The SMILES string of the molecule is CC1C(=O)NC(Cc2ccccc2)C(=O)N1C(C)C1CC1. The van der Waals surface area contributed by atoms with E-state index < -0.39 is 6.04 Å². The predicted octanol–water partition coefficient (Wildman–Crippen LogP) is 1.74. The van der Waals surface area contributed by atoms with Crippen molar-refractivity contribution in [2.75, 3.05) is 0 Å². The summed E-state index contributed by atoms with van der Waals surface area (Å²) >= 11 is 0. The zero-order valence-electron chi connectivity index (χ0n) is 12.6. The smallest absolute Gasteiger partial charge is 0.246 e. The van der Waals surface area contributed by atoms with E-state index in [4.69, 9.17) is 0 Å². The molecule has 0 radical (unpaired) electrons. The van der Waals surface area contributed by atoms with Gasteiger partial charge in [-0.1, -0.05) is 30.3 Å². The van der Waals surface area contributed by atoms with Gasteiger partial charge in [0.05, 0.1) is 0 Å². The molecule has 1 saturated carbocycles. The molecule has 4 nitrogen and oxygen atoms in total. The minimum atomic E-state index is -0.433. The number of amides is 2. The van der Waals surface area contributed by atoms with Crippen LogP contribution in [-0.4, -0.2) is 34.8 Å². The van der Waals surface area contributed by atoms with E-state index in [0.717, 1.165) is 5.56 Å². The number of nitrogens with zero attached hydrogens (tertiary/aromatic N) is 1. The second-order valence-corrected chi connectivity index (χ2v) is 6.25. The van der Waals surface area contributed by atoms with Gasteiger partial charge in [0, 0.05) is 12.5 Å². The normalized spacial score (nSPS) is 27.4. The molecule has 1 aliphatic heterocycles. The van der Waals surface area contributed by atoms with Crippen LogP contribution in [0, 0.1) is 5.92 Å². The van der Waals surface area contributed by atoms with E-state index in [2.05, 4.69) is 12.2 Å². The van der Waals surface area contributed by atoms with Gasteiger partial charge in [0.15, 0.2) is 0 Å². The van der Waals surface area contributed by atoms with Gasteiger partial charge in [-0.25, -0.2) is 0 Å². The molecule has 0 spiro atoms. The third-order valence-electron chi connectivity index (χ3n) is 4.69. The molecule has 0 aromatic heterocycles. The van der Waals surface area contributed by atoms with Gasteiger partial charge < -0.3 is 10.2 Å². The summed E-state index contributed by atoms with van der Waals surface area (Å²) in [6.07, 6.45) is 2.90. The highest BCUT2D eigenvalue weighted by molar-refractivity contribution is 5.97. The van der Waals surface area contributed by atoms with Gasteiger partial charge in [-0.3, -0.25) is 9.59 Å². The van der Waals surface area contributed by atoms with Gasteiger partial charge in [0.1, 0.15) is 12.1 Å². The monoisotopic (exact) mass is 286 g/mol. The van der Waals surface area contributed by atoms with Gasteiger partial charge in [0.25, 0.3) is 0 Å². The van der Waals surface area contributed by atoms with Crippen molar-refractivity contribution in [1.82, 2.24) is 10.2 Å². The molecule has 1 aliphatic carbocycles. The number of hydrogen-bond donors (Lipinski definition) is 1. The zero-order valence-corrected chi connectivity index (χ0v) is 12.6. The Balaban J connectivity index is 1.78. The average molecular weight is 286 g/mol. The minimum Gasteiger partial charge on any atom is -0.342 e. The second kappa shape index (κ2) is 5.51. The maximum absolute atomic E-state index is 12.8. The Morgan fingerprint density at radius 3 is 2.52 bits per heavy atom. The lowest BCUT2D eigenvalue weighted by Crippen LogP contribution is -2.65. The number of piperazine rings is 1. The molecule has 21 heavy (non-hydrogen) atoms. The Bertz CT molecular complexity index is 539. The average Bonchev–Trinajstić information content (AvgIpc) is 3.30. The summed E-state index contributed by atoms with van der Waals surface area (Å²) in [6.45, 7) is 3.90. The first-order valence-electron chi connectivity index (χ1n) is 7.74. The van der Waals surface area contributed by atoms with E-state index in [1.807, 2.05) is 42.2 Å². The largest absolute Gasteiger partial charge is 0.342 e. The summed E-state index contributed by atoms with van der Waals surface area (Å²) < 4.78 is 0. The number of carbonyl (C=O) groups excluding carboxylic acids is 2. The van der Waals surface area contributed by atoms with E-state index in [1.165, 1.54) is 12.8 Å². The molecule has 1 aromatic carbocycles. The lowest BCUT2D eigenvalue weighted by Gasteiger charge is -2.41. The van der Waals surface area contributed by atoms with Crippen molar-refractivity contribution in [3.05, 3.63) is 35.9 Å². The minimum absolute atomic E-state index is 0.0389. The predicted molar refractivity (Wildman–Crippen MR) is 80.6 cm³/mol. The van der Waals surface area contributed by atoms with Crippen molar-refractivity contribution in [3.63, 3.8) is 0 Å². The highest BCUT2D eigenvalue weighted by Gasteiger charge is 2.44. The molecule has 1 aromatic rings. The van der Waals surface area contributed by atoms with Crippen molar-refractivity contribution < 1.29 is 9.59 Å². The van der Waals surface area contributed by atoms with Crippen molar-refractivity contribution in [1.29, 1.82) is 0 Å². The van der Waals surface area contributed by atoms with Gasteiger partial charge >= 0.3 is 0 Å². The highest BCUT2D eigenvalue weighted by Crippen LogP contribution is 2.36. The van der Waals surface area contributed by atoms with Gasteiger partial charge in [-0.05, 0) is 38.2 Å². The molecule has 3 rings (SSSR count). The van der Waals surface area contributed by atoms with Crippen LogP contribution in [0.2, 0.25) is 0 Å². The molecular formula is C17H22N2O2. The molecule has 1 N–H and O–H groups in total. The van der Waals surface area contributed by atoms with E-state index in [1.54, 1.807) is 0 Å². The molecular weight excluding hydrogens is 264 g/mol. The van der Waals surface area contributed by atoms with Crippen LogP contribution in [0.3, 0.4) is 0 Å². The van der Waals surface area contributed by atoms with Crippen LogP contribution in [0.1, 0.15) is 32.3 Å². The highest BCUT2D eigenvalue weighted by atomic mass is 16.2. The Kier molecular flexibility index (Phi) is 3.70. The molecule has 2 aliphatic rings. The van der Waals surface area contributed by atoms with Crippen molar-refractivity contribution in [2.24, 2.45) is 5.92 Å². The van der Waals surface area contributed by atoms with Crippen molar-refractivity contribution >= 4 is 11.8 Å². The number of hydrogen-bond acceptors (Lipinski definition) is 2. The first-order chi connectivity index (χ1) is 10.1. The van der Waals surface area contributed by atoms with Gasteiger partial charge in [-0.15, -0.1) is 0 Å². The molecule has 2 fully saturated rings. The van der Waals surface area contributed by atoms with Crippen LogP contribution < -0.4 is 5.32 Å². The maximum Gasteiger partial charge on any atom is 0.246 e. The molecule has 4 heteroatoms. The molecule has 112 valence electrons. The van der Waals surface area contributed by atoms with E-state index in [0.29, 0.717) is 12.3 Å². The fourth-order valence-electron chi connectivity index (χ4n) is 3.20. The van der Waals surface area contributed by atoms with Crippen LogP contribution in [0.25, 0.3) is 0 Å². The number of rotatable bonds is 4. The first-order valence-corrected chi connectivity index (χ1v) is 7.74. The Hall–Kier alpha value is -1.84. The lowest BCUT2D eigenvalue weighted by atomic mass is 9.98. The Morgan fingerprint density at radius 2 is 1.90 bits per heavy atom. The van der Waals surface area contributed by atoms with Crippen LogP contribution in [0.5, 0.6) is 0 Å². The van der Waals surface area contributed by atoms with E-state index in [9.17, 15) is 9.59 Å². The molecule has 3 unspecified atom stereocenters. The zero-order chi connectivity index (χ0) is 15.0. The summed E-state index contributed by atoms with van der Waals surface area (Å²) in [5, 5.41) is 2.88. The van der Waals surface area contributed by atoms with Crippen LogP contribution in [0.15, 0.2) is 30.3 Å². The number of benzene rings is 1. The molecule has 1 saturated heterocycles. The summed E-state index contributed by atoms with van der Waals surface area (Å²) in [5.74, 6) is 0.591. The quantitative estimate of drug-likeness (QED) is 0.916. The molecule has 1 heterocycles. The first kappa shape index (κ1) is 14.1. The summed E-state index contributed by atoms with van der Waals surface area (Å²) in [5.41, 5.74) is 1.07. The van der Waals surface area contributed by atoms with Crippen LogP contribution in [0.4, 0.5) is 0 Å². The van der Waals surface area contributed by atoms with Crippen molar-refractivity contribution in [3.8, 4) is 0 Å². The number of nitrogens with one attached hydrogen (secondary N) is 1. The standard InChI is InChI=1S/C17H22N2O2/c1-11(14-8-9-14)19-12(2)16(20)18-15(17(19)21)10-13-6-4-3-5-7-13/h3-7,11-12,14-15H,8-10H2,1-2H3,(H,18,20). The topological polar surface area (TPSA) is 49.4 Å². The van der Waals surface area contributed by atoms with Crippen molar-refractivity contribution in [2.45, 2.75) is 51.2 Å². The van der Waals surface area contributed by atoms with E-state index >= 15 is 0 Å². The second-order valence-electron chi connectivity index (χ2n) is 6.25. The summed E-state index contributed by atoms with van der Waals surface area (Å²) in [6, 6.07) is 9.22. The third kappa shape index (κ3) is 2.80. The fourth-order valence-corrected chi connectivity index (χ4v) is 3.20. The Morgan fingerprint density at radius 1 is 1.24 bits per heavy atom. The van der Waals surface area contributed by atoms with Gasteiger partial charge in [0.2, 0.25) is 11.8 Å². The lowest BCUT2D eigenvalue weighted by molar-refractivity contribution is -0.151. The fraction of sp³-hybridized carbons (Fsp3) is 0.529. The Labute approximate surface area is 125 Å². The van der Waals surface area contributed by atoms with Crippen LogP contribution >= 0.6 is 0 Å². The third-order valence-corrected chi connectivity index (χ3v) is 4.69. The molecule has 0 bridgehead atoms. The van der Waals surface area contributed by atoms with Gasteiger partial charge in [-0.2, -0.15) is 0 Å². The molecule has 2 amide bonds. The maximum atomic E-state index is 12.8. The van der Waals surface area contributed by atoms with Crippen LogP contribution in [-0.2, 0) is 16.0 Å².